The number of hydrogen-bond donors (Lipinski definition) is 0. The van der Waals surface area contributed by atoms with Gasteiger partial charge in [-0.2, -0.15) is 15.0 Å². The van der Waals surface area contributed by atoms with Crippen LogP contribution in [0.3, 0.4) is 0 Å². The van der Waals surface area contributed by atoms with Gasteiger partial charge in [-0.3, -0.25) is 4.57 Å². The molecule has 0 saturated heterocycles. The molecule has 7 heteroatoms. The van der Waals surface area contributed by atoms with E-state index in [9.17, 15) is 0 Å². The standard InChI is InChI=1S/C12H17ClN6/c1-3-6-18(7-4-2)11-15-10(13)16-12(17-11)19-8-5-14-9-19/h5,8-9H,3-4,6-7H2,1-2H3. The fourth-order valence-corrected chi connectivity index (χ4v) is 1.97. The normalized spacial score (nSPS) is 10.7. The van der Waals surface area contributed by atoms with Gasteiger partial charge in [-0.05, 0) is 24.4 Å². The van der Waals surface area contributed by atoms with Crippen LogP contribution in [-0.4, -0.2) is 37.6 Å². The number of rotatable bonds is 6. The summed E-state index contributed by atoms with van der Waals surface area (Å²) < 4.78 is 1.72. The van der Waals surface area contributed by atoms with Crippen LogP contribution >= 0.6 is 11.6 Å². The summed E-state index contributed by atoms with van der Waals surface area (Å²) in [4.78, 5) is 18.9. The average Bonchev–Trinajstić information content (AvgIpc) is 2.91. The monoisotopic (exact) mass is 280 g/mol. The Bertz CT molecular complexity index is 507. The van der Waals surface area contributed by atoms with E-state index in [1.807, 2.05) is 0 Å². The van der Waals surface area contributed by atoms with Crippen LogP contribution in [0.1, 0.15) is 26.7 Å². The lowest BCUT2D eigenvalue weighted by Gasteiger charge is -2.21. The Morgan fingerprint density at radius 1 is 1.16 bits per heavy atom. The second-order valence-corrected chi connectivity index (χ2v) is 4.50. The fourth-order valence-electron chi connectivity index (χ4n) is 1.82. The molecule has 0 aliphatic rings. The highest BCUT2D eigenvalue weighted by molar-refractivity contribution is 6.28. The summed E-state index contributed by atoms with van der Waals surface area (Å²) in [5.41, 5.74) is 0. The summed E-state index contributed by atoms with van der Waals surface area (Å²) in [5.74, 6) is 1.11. The smallest absolute Gasteiger partial charge is 0.241 e. The number of imidazole rings is 1. The van der Waals surface area contributed by atoms with Crippen molar-refractivity contribution in [2.75, 3.05) is 18.0 Å². The molecule has 0 radical (unpaired) electrons. The van der Waals surface area contributed by atoms with Gasteiger partial charge < -0.3 is 4.90 Å². The van der Waals surface area contributed by atoms with Crippen molar-refractivity contribution in [1.82, 2.24) is 24.5 Å². The second kappa shape index (κ2) is 6.47. The number of anilines is 1. The molecule has 0 amide bonds. The van der Waals surface area contributed by atoms with Crippen molar-refractivity contribution < 1.29 is 0 Å². The zero-order valence-corrected chi connectivity index (χ0v) is 11.9. The minimum atomic E-state index is 0.200. The molecule has 0 aliphatic carbocycles. The van der Waals surface area contributed by atoms with E-state index in [4.69, 9.17) is 11.6 Å². The summed E-state index contributed by atoms with van der Waals surface area (Å²) in [6.07, 6.45) is 7.15. The van der Waals surface area contributed by atoms with Gasteiger partial charge in [-0.25, -0.2) is 4.98 Å². The van der Waals surface area contributed by atoms with E-state index in [1.165, 1.54) is 0 Å². The maximum absolute atomic E-state index is 5.99. The predicted molar refractivity (Wildman–Crippen MR) is 74.8 cm³/mol. The first-order valence-corrected chi connectivity index (χ1v) is 6.77. The molecule has 2 rings (SSSR count). The largest absolute Gasteiger partial charge is 0.341 e. The lowest BCUT2D eigenvalue weighted by molar-refractivity contribution is 0.712. The Morgan fingerprint density at radius 3 is 2.47 bits per heavy atom. The van der Waals surface area contributed by atoms with Gasteiger partial charge in [0, 0.05) is 25.5 Å². The third-order valence-corrected chi connectivity index (χ3v) is 2.76. The zero-order valence-electron chi connectivity index (χ0n) is 11.1. The van der Waals surface area contributed by atoms with Crippen LogP contribution in [0.2, 0.25) is 5.28 Å². The quantitative estimate of drug-likeness (QED) is 0.813. The summed E-state index contributed by atoms with van der Waals surface area (Å²) in [6.45, 7) is 6.06. The molecular weight excluding hydrogens is 264 g/mol. The number of aromatic nitrogens is 5. The number of halogens is 1. The average molecular weight is 281 g/mol. The third kappa shape index (κ3) is 3.41. The highest BCUT2D eigenvalue weighted by Gasteiger charge is 2.12. The summed E-state index contributed by atoms with van der Waals surface area (Å²) >= 11 is 5.99. The Labute approximate surface area is 117 Å². The lowest BCUT2D eigenvalue weighted by atomic mass is 10.4. The highest BCUT2D eigenvalue weighted by atomic mass is 35.5. The zero-order chi connectivity index (χ0) is 13.7. The van der Waals surface area contributed by atoms with Crippen molar-refractivity contribution in [3.8, 4) is 5.95 Å². The van der Waals surface area contributed by atoms with Gasteiger partial charge in [0.15, 0.2) is 0 Å². The van der Waals surface area contributed by atoms with Crippen LogP contribution in [0.15, 0.2) is 18.7 Å². The van der Waals surface area contributed by atoms with Crippen molar-refractivity contribution in [1.29, 1.82) is 0 Å². The molecule has 19 heavy (non-hydrogen) atoms. The predicted octanol–water partition coefficient (Wildman–Crippen LogP) is 2.34. The van der Waals surface area contributed by atoms with Gasteiger partial charge in [-0.15, -0.1) is 0 Å². The Morgan fingerprint density at radius 2 is 1.89 bits per heavy atom. The molecule has 0 unspecified atom stereocenters. The summed E-state index contributed by atoms with van der Waals surface area (Å²) in [5, 5.41) is 0.200. The van der Waals surface area contributed by atoms with Gasteiger partial charge in [0.05, 0.1) is 0 Å². The first-order valence-electron chi connectivity index (χ1n) is 6.39. The van der Waals surface area contributed by atoms with E-state index in [0.29, 0.717) is 11.9 Å². The van der Waals surface area contributed by atoms with E-state index in [1.54, 1.807) is 23.3 Å². The molecule has 0 aliphatic heterocycles. The molecular formula is C12H17ClN6. The van der Waals surface area contributed by atoms with Crippen LogP contribution in [0.25, 0.3) is 5.95 Å². The molecule has 0 aromatic carbocycles. The topological polar surface area (TPSA) is 59.7 Å². The van der Waals surface area contributed by atoms with Crippen molar-refractivity contribution in [3.05, 3.63) is 24.0 Å². The van der Waals surface area contributed by atoms with E-state index >= 15 is 0 Å². The Kier molecular flexibility index (Phi) is 4.68. The maximum atomic E-state index is 5.99. The lowest BCUT2D eigenvalue weighted by Crippen LogP contribution is -2.27. The van der Waals surface area contributed by atoms with Gasteiger partial charge in [0.25, 0.3) is 0 Å². The molecule has 6 nitrogen and oxygen atoms in total. The van der Waals surface area contributed by atoms with Crippen LogP contribution in [0.5, 0.6) is 0 Å². The molecule has 2 aromatic rings. The van der Waals surface area contributed by atoms with E-state index in [2.05, 4.69) is 38.7 Å². The molecule has 0 bridgehead atoms. The van der Waals surface area contributed by atoms with Crippen LogP contribution < -0.4 is 4.90 Å². The molecule has 2 heterocycles. The van der Waals surface area contributed by atoms with Gasteiger partial charge in [0.1, 0.15) is 6.33 Å². The van der Waals surface area contributed by atoms with Crippen molar-refractivity contribution in [2.45, 2.75) is 26.7 Å². The SMILES string of the molecule is CCCN(CCC)c1nc(Cl)nc(-n2ccnc2)n1. The second-order valence-electron chi connectivity index (χ2n) is 4.16. The van der Waals surface area contributed by atoms with Gasteiger partial charge >= 0.3 is 0 Å². The number of nitrogens with zero attached hydrogens (tertiary/aromatic N) is 6. The molecule has 2 aromatic heterocycles. The summed E-state index contributed by atoms with van der Waals surface area (Å²) in [7, 11) is 0. The molecule has 102 valence electrons. The minimum absolute atomic E-state index is 0.200. The first-order chi connectivity index (χ1) is 9.24. The van der Waals surface area contributed by atoms with E-state index in [0.717, 1.165) is 25.9 Å². The van der Waals surface area contributed by atoms with Gasteiger partial charge in [0.2, 0.25) is 17.2 Å². The van der Waals surface area contributed by atoms with Gasteiger partial charge in [-0.1, -0.05) is 13.8 Å². The molecule has 0 fully saturated rings. The highest BCUT2D eigenvalue weighted by Crippen LogP contribution is 2.14. The van der Waals surface area contributed by atoms with Crippen molar-refractivity contribution in [3.63, 3.8) is 0 Å². The van der Waals surface area contributed by atoms with Crippen LogP contribution in [0, 0.1) is 0 Å². The van der Waals surface area contributed by atoms with Crippen molar-refractivity contribution in [2.24, 2.45) is 0 Å². The van der Waals surface area contributed by atoms with Crippen LogP contribution in [0.4, 0.5) is 5.95 Å². The van der Waals surface area contributed by atoms with E-state index in [-0.39, 0.29) is 5.28 Å². The first kappa shape index (κ1) is 13.7. The molecule has 0 spiro atoms. The maximum Gasteiger partial charge on any atom is 0.241 e. The third-order valence-electron chi connectivity index (χ3n) is 2.59. The Hall–Kier alpha value is -1.69. The molecule has 0 N–H and O–H groups in total. The van der Waals surface area contributed by atoms with E-state index < -0.39 is 0 Å². The Balaban J connectivity index is 2.34. The van der Waals surface area contributed by atoms with Crippen molar-refractivity contribution >= 4 is 17.5 Å². The van der Waals surface area contributed by atoms with Crippen LogP contribution in [-0.2, 0) is 0 Å². The fraction of sp³-hybridized carbons (Fsp3) is 0.500. The molecule has 0 atom stereocenters. The number of hydrogen-bond acceptors (Lipinski definition) is 5. The minimum Gasteiger partial charge on any atom is -0.341 e. The molecule has 0 saturated carbocycles. The summed E-state index contributed by atoms with van der Waals surface area (Å²) in [6, 6.07) is 0.